The first-order chi connectivity index (χ1) is 11.0. The van der Waals surface area contributed by atoms with Gasteiger partial charge in [-0.05, 0) is 24.0 Å². The average Bonchev–Trinajstić information content (AvgIpc) is 3.27. The van der Waals surface area contributed by atoms with E-state index in [2.05, 4.69) is 0 Å². The number of halogens is 2. The summed E-state index contributed by atoms with van der Waals surface area (Å²) in [5.41, 5.74) is 0.341. The first-order valence-electron chi connectivity index (χ1n) is 7.52. The number of carbonyl (C=O) groups is 2. The molecule has 1 aromatic rings. The Bertz CT molecular complexity index is 637. The van der Waals surface area contributed by atoms with Gasteiger partial charge in [0.15, 0.2) is 0 Å². The van der Waals surface area contributed by atoms with Gasteiger partial charge in [0.05, 0.1) is 25.7 Å². The molecule has 124 valence electrons. The van der Waals surface area contributed by atoms with E-state index in [-0.39, 0.29) is 30.8 Å². The summed E-state index contributed by atoms with van der Waals surface area (Å²) in [6.07, 6.45) is 0.326. The molecule has 2 aliphatic rings. The Morgan fingerprint density at radius 2 is 2.13 bits per heavy atom. The topological polar surface area (TPSA) is 66.8 Å². The van der Waals surface area contributed by atoms with Gasteiger partial charge < -0.3 is 14.7 Å². The maximum atomic E-state index is 13.8. The van der Waals surface area contributed by atoms with Crippen LogP contribution in [0.5, 0.6) is 0 Å². The summed E-state index contributed by atoms with van der Waals surface area (Å²) in [6.45, 7) is 0.899. The SMILES string of the molecule is O=C(O)CC1COCCN1C(=O)C1CC1c1ccc(F)cc1F. The molecule has 0 radical (unpaired) electrons. The van der Waals surface area contributed by atoms with E-state index < -0.39 is 23.6 Å². The van der Waals surface area contributed by atoms with Crippen LogP contribution in [0.25, 0.3) is 0 Å². The fourth-order valence-electron chi connectivity index (χ4n) is 3.14. The normalized spacial score (nSPS) is 26.9. The lowest BCUT2D eigenvalue weighted by Gasteiger charge is -2.35. The molecule has 5 nitrogen and oxygen atoms in total. The molecule has 3 rings (SSSR count). The van der Waals surface area contributed by atoms with E-state index in [0.717, 1.165) is 6.07 Å². The van der Waals surface area contributed by atoms with Crippen LogP contribution in [0, 0.1) is 17.6 Å². The van der Waals surface area contributed by atoms with Crippen molar-refractivity contribution in [2.45, 2.75) is 24.8 Å². The molecule has 1 saturated heterocycles. The fourth-order valence-corrected chi connectivity index (χ4v) is 3.14. The van der Waals surface area contributed by atoms with E-state index in [1.54, 1.807) is 0 Å². The Kier molecular flexibility index (Phi) is 4.30. The largest absolute Gasteiger partial charge is 0.481 e. The maximum Gasteiger partial charge on any atom is 0.305 e. The summed E-state index contributed by atoms with van der Waals surface area (Å²) in [5, 5.41) is 8.93. The van der Waals surface area contributed by atoms with Crippen LogP contribution in [0.3, 0.4) is 0 Å². The summed E-state index contributed by atoms with van der Waals surface area (Å²) in [4.78, 5) is 25.0. The van der Waals surface area contributed by atoms with Crippen molar-refractivity contribution < 1.29 is 28.2 Å². The second-order valence-electron chi connectivity index (χ2n) is 5.97. The summed E-state index contributed by atoms with van der Waals surface area (Å²) in [6, 6.07) is 2.88. The van der Waals surface area contributed by atoms with Crippen molar-refractivity contribution in [1.82, 2.24) is 4.90 Å². The van der Waals surface area contributed by atoms with Crippen LogP contribution in [0.4, 0.5) is 8.78 Å². The minimum atomic E-state index is -0.991. The van der Waals surface area contributed by atoms with Gasteiger partial charge in [0, 0.05) is 18.5 Å². The molecule has 1 heterocycles. The highest BCUT2D eigenvalue weighted by Gasteiger charge is 2.48. The van der Waals surface area contributed by atoms with Gasteiger partial charge in [-0.2, -0.15) is 0 Å². The van der Waals surface area contributed by atoms with Gasteiger partial charge in [-0.3, -0.25) is 9.59 Å². The van der Waals surface area contributed by atoms with Crippen molar-refractivity contribution in [2.75, 3.05) is 19.8 Å². The first kappa shape index (κ1) is 15.9. The molecule has 0 spiro atoms. The zero-order valence-electron chi connectivity index (χ0n) is 12.4. The average molecular weight is 325 g/mol. The Hall–Kier alpha value is -2.02. The highest BCUT2D eigenvalue weighted by atomic mass is 19.1. The smallest absolute Gasteiger partial charge is 0.305 e. The molecule has 0 aromatic heterocycles. The minimum Gasteiger partial charge on any atom is -0.481 e. The van der Waals surface area contributed by atoms with E-state index in [4.69, 9.17) is 9.84 Å². The number of carboxylic acid groups (broad SMARTS) is 1. The number of ether oxygens (including phenoxy) is 1. The highest BCUT2D eigenvalue weighted by molar-refractivity contribution is 5.84. The highest BCUT2D eigenvalue weighted by Crippen LogP contribution is 2.49. The number of hydrogen-bond donors (Lipinski definition) is 1. The molecule has 0 bridgehead atoms. The second kappa shape index (κ2) is 6.23. The zero-order chi connectivity index (χ0) is 16.6. The molecular weight excluding hydrogens is 308 g/mol. The van der Waals surface area contributed by atoms with Crippen molar-refractivity contribution in [2.24, 2.45) is 5.92 Å². The Balaban J connectivity index is 1.70. The van der Waals surface area contributed by atoms with Crippen molar-refractivity contribution in [3.8, 4) is 0 Å². The first-order valence-corrected chi connectivity index (χ1v) is 7.52. The van der Waals surface area contributed by atoms with Crippen LogP contribution in [0.2, 0.25) is 0 Å². The zero-order valence-corrected chi connectivity index (χ0v) is 12.4. The molecule has 3 unspecified atom stereocenters. The number of amides is 1. The molecule has 3 atom stereocenters. The molecule has 1 amide bonds. The number of hydrogen-bond acceptors (Lipinski definition) is 3. The lowest BCUT2D eigenvalue weighted by atomic mass is 10.1. The number of rotatable bonds is 4. The van der Waals surface area contributed by atoms with Crippen LogP contribution in [0.15, 0.2) is 18.2 Å². The summed E-state index contributed by atoms with van der Waals surface area (Å²) >= 11 is 0. The van der Waals surface area contributed by atoms with Crippen molar-refractivity contribution in [3.05, 3.63) is 35.4 Å². The van der Waals surface area contributed by atoms with E-state index in [1.807, 2.05) is 0 Å². The van der Waals surface area contributed by atoms with Gasteiger partial charge in [0.1, 0.15) is 11.6 Å². The van der Waals surface area contributed by atoms with Crippen LogP contribution < -0.4 is 0 Å². The van der Waals surface area contributed by atoms with E-state index in [9.17, 15) is 18.4 Å². The van der Waals surface area contributed by atoms with Crippen LogP contribution >= 0.6 is 0 Å². The Morgan fingerprint density at radius 3 is 2.83 bits per heavy atom. The fraction of sp³-hybridized carbons (Fsp3) is 0.500. The van der Waals surface area contributed by atoms with Crippen LogP contribution in [0.1, 0.15) is 24.3 Å². The third-order valence-electron chi connectivity index (χ3n) is 4.39. The monoisotopic (exact) mass is 325 g/mol. The van der Waals surface area contributed by atoms with Crippen molar-refractivity contribution >= 4 is 11.9 Å². The molecule has 1 aromatic carbocycles. The van der Waals surface area contributed by atoms with E-state index in [1.165, 1.54) is 17.0 Å². The number of benzene rings is 1. The lowest BCUT2D eigenvalue weighted by molar-refractivity contribution is -0.147. The molecule has 2 fully saturated rings. The summed E-state index contributed by atoms with van der Waals surface area (Å²) < 4.78 is 32.0. The van der Waals surface area contributed by atoms with Gasteiger partial charge in [-0.25, -0.2) is 8.78 Å². The van der Waals surface area contributed by atoms with Crippen molar-refractivity contribution in [1.29, 1.82) is 0 Å². The number of morpholine rings is 1. The van der Waals surface area contributed by atoms with Gasteiger partial charge in [-0.1, -0.05) is 6.07 Å². The molecule has 1 saturated carbocycles. The van der Waals surface area contributed by atoms with Crippen molar-refractivity contribution in [3.63, 3.8) is 0 Å². The summed E-state index contributed by atoms with van der Waals surface area (Å²) in [5.74, 6) is -3.09. The lowest BCUT2D eigenvalue weighted by Crippen LogP contribution is -2.50. The minimum absolute atomic E-state index is 0.173. The molecule has 1 aliphatic heterocycles. The maximum absolute atomic E-state index is 13.8. The molecule has 1 aliphatic carbocycles. The van der Waals surface area contributed by atoms with Gasteiger partial charge >= 0.3 is 5.97 Å². The van der Waals surface area contributed by atoms with E-state index >= 15 is 0 Å². The predicted molar refractivity (Wildman–Crippen MR) is 75.8 cm³/mol. The Morgan fingerprint density at radius 1 is 1.35 bits per heavy atom. The van der Waals surface area contributed by atoms with E-state index in [0.29, 0.717) is 25.1 Å². The molecule has 7 heteroatoms. The van der Waals surface area contributed by atoms with Crippen LogP contribution in [-0.2, 0) is 14.3 Å². The molecular formula is C16H17F2NO4. The van der Waals surface area contributed by atoms with Gasteiger partial charge in [0.25, 0.3) is 0 Å². The standard InChI is InChI=1S/C16H17F2NO4/c17-9-1-2-11(14(18)5-9)12-7-13(12)16(22)19-3-4-23-8-10(19)6-15(20)21/h1-2,5,10,12-13H,3-4,6-8H2,(H,20,21). The summed E-state index contributed by atoms with van der Waals surface area (Å²) in [7, 11) is 0. The number of carboxylic acids is 1. The quantitative estimate of drug-likeness (QED) is 0.916. The number of carbonyl (C=O) groups excluding carboxylic acids is 1. The third-order valence-corrected chi connectivity index (χ3v) is 4.39. The molecule has 23 heavy (non-hydrogen) atoms. The number of aliphatic carboxylic acids is 1. The van der Waals surface area contributed by atoms with Gasteiger partial charge in [-0.15, -0.1) is 0 Å². The third kappa shape index (κ3) is 3.34. The molecule has 1 N–H and O–H groups in total. The number of nitrogens with zero attached hydrogens (tertiary/aromatic N) is 1. The predicted octanol–water partition coefficient (Wildman–Crippen LogP) is 1.77. The van der Waals surface area contributed by atoms with Gasteiger partial charge in [0.2, 0.25) is 5.91 Å². The Labute approximate surface area is 131 Å². The second-order valence-corrected chi connectivity index (χ2v) is 5.97. The van der Waals surface area contributed by atoms with Crippen LogP contribution in [-0.4, -0.2) is 47.7 Å².